The number of hydrogen-bond donors (Lipinski definition) is 1. The number of carboxylic acid groups (broad SMARTS) is 1. The highest BCUT2D eigenvalue weighted by Crippen LogP contribution is 2.29. The van der Waals surface area contributed by atoms with Crippen molar-refractivity contribution in [1.82, 2.24) is 9.47 Å². The van der Waals surface area contributed by atoms with Gasteiger partial charge in [0.15, 0.2) is 0 Å². The lowest BCUT2D eigenvalue weighted by Gasteiger charge is -2.33. The number of piperidine rings is 1. The number of aromatic carboxylic acids is 1. The lowest BCUT2D eigenvalue weighted by molar-refractivity contribution is 0.0688. The minimum Gasteiger partial charge on any atom is -0.478 e. The summed E-state index contributed by atoms with van der Waals surface area (Å²) >= 11 is 0. The fourth-order valence-corrected chi connectivity index (χ4v) is 4.02. The molecule has 1 fully saturated rings. The molecule has 5 nitrogen and oxygen atoms in total. The summed E-state index contributed by atoms with van der Waals surface area (Å²) in [5.74, 6) is -0.709. The van der Waals surface area contributed by atoms with Crippen LogP contribution < -0.4 is 0 Å². The van der Waals surface area contributed by atoms with Crippen LogP contribution in [0.4, 0.5) is 0 Å². The first-order chi connectivity index (χ1) is 13.0. The zero-order chi connectivity index (χ0) is 19.0. The summed E-state index contributed by atoms with van der Waals surface area (Å²) in [5, 5.41) is 10.2. The van der Waals surface area contributed by atoms with Gasteiger partial charge in [-0.1, -0.05) is 18.2 Å². The summed E-state index contributed by atoms with van der Waals surface area (Å²) in [7, 11) is 1.98. The predicted molar refractivity (Wildman–Crippen MR) is 104 cm³/mol. The van der Waals surface area contributed by atoms with Crippen LogP contribution in [0.3, 0.4) is 0 Å². The Kier molecular flexibility index (Phi) is 4.44. The number of likely N-dealkylation sites (tertiary alicyclic amines) is 1. The van der Waals surface area contributed by atoms with Crippen molar-refractivity contribution in [2.24, 2.45) is 7.05 Å². The van der Waals surface area contributed by atoms with Gasteiger partial charge in [-0.05, 0) is 48.7 Å². The second kappa shape index (κ2) is 6.91. The first kappa shape index (κ1) is 17.3. The van der Waals surface area contributed by atoms with Crippen molar-refractivity contribution in [3.63, 3.8) is 0 Å². The molecule has 138 valence electrons. The third-order valence-corrected chi connectivity index (χ3v) is 5.47. The van der Waals surface area contributed by atoms with Crippen molar-refractivity contribution >= 4 is 22.8 Å². The first-order valence-corrected chi connectivity index (χ1v) is 9.21. The van der Waals surface area contributed by atoms with E-state index < -0.39 is 5.97 Å². The van der Waals surface area contributed by atoms with Crippen LogP contribution in [0.5, 0.6) is 0 Å². The molecule has 0 saturated carbocycles. The number of carbonyl (C=O) groups is 2. The summed E-state index contributed by atoms with van der Waals surface area (Å²) in [6.07, 6.45) is 3.85. The molecule has 4 rings (SSSR count). The zero-order valence-electron chi connectivity index (χ0n) is 15.3. The topological polar surface area (TPSA) is 62.5 Å². The molecule has 0 bridgehead atoms. The van der Waals surface area contributed by atoms with Crippen LogP contribution in [0.1, 0.15) is 45.0 Å². The molecule has 1 unspecified atom stereocenters. The number of aryl methyl sites for hydroxylation is 1. The average molecular weight is 362 g/mol. The molecule has 5 heteroatoms. The Morgan fingerprint density at radius 1 is 1.11 bits per heavy atom. The van der Waals surface area contributed by atoms with Gasteiger partial charge in [-0.15, -0.1) is 0 Å². The van der Waals surface area contributed by atoms with Crippen molar-refractivity contribution in [2.45, 2.75) is 18.8 Å². The summed E-state index contributed by atoms with van der Waals surface area (Å²) in [6.45, 7) is 1.35. The van der Waals surface area contributed by atoms with Gasteiger partial charge in [-0.25, -0.2) is 4.79 Å². The van der Waals surface area contributed by atoms with Gasteiger partial charge < -0.3 is 14.6 Å². The van der Waals surface area contributed by atoms with Crippen molar-refractivity contribution < 1.29 is 14.7 Å². The number of rotatable bonds is 3. The molecular weight excluding hydrogens is 340 g/mol. The quantitative estimate of drug-likeness (QED) is 0.769. The fourth-order valence-electron chi connectivity index (χ4n) is 4.02. The number of benzene rings is 2. The summed E-state index contributed by atoms with van der Waals surface area (Å²) in [5.41, 5.74) is 3.06. The Balaban J connectivity index is 1.60. The largest absolute Gasteiger partial charge is 0.478 e. The number of amides is 1. The molecule has 0 spiro atoms. The van der Waals surface area contributed by atoms with Gasteiger partial charge >= 0.3 is 5.97 Å². The molecule has 27 heavy (non-hydrogen) atoms. The maximum Gasteiger partial charge on any atom is 0.335 e. The van der Waals surface area contributed by atoms with E-state index >= 15 is 0 Å². The number of hydrogen-bond acceptors (Lipinski definition) is 2. The Hall–Kier alpha value is -3.08. The molecule has 0 aliphatic carbocycles. The Labute approximate surface area is 157 Å². The lowest BCUT2D eigenvalue weighted by Crippen LogP contribution is -2.39. The van der Waals surface area contributed by atoms with Gasteiger partial charge in [0.25, 0.3) is 5.91 Å². The number of carboxylic acids is 1. The van der Waals surface area contributed by atoms with Crippen molar-refractivity contribution in [2.75, 3.05) is 13.1 Å². The summed E-state index contributed by atoms with van der Waals surface area (Å²) in [6, 6.07) is 14.9. The van der Waals surface area contributed by atoms with Gasteiger partial charge in [0.2, 0.25) is 0 Å². The zero-order valence-corrected chi connectivity index (χ0v) is 15.3. The monoisotopic (exact) mass is 362 g/mol. The first-order valence-electron chi connectivity index (χ1n) is 9.21. The highest BCUT2D eigenvalue weighted by molar-refractivity contribution is 6.06. The molecule has 1 aliphatic heterocycles. The number of fused-ring (bicyclic) bond motifs is 1. The molecule has 1 atom stereocenters. The minimum absolute atomic E-state index is 0.0471. The summed E-state index contributed by atoms with van der Waals surface area (Å²) in [4.78, 5) is 26.4. The van der Waals surface area contributed by atoms with Gasteiger partial charge in [0.05, 0.1) is 5.56 Å². The third kappa shape index (κ3) is 3.21. The van der Waals surface area contributed by atoms with Crippen LogP contribution in [-0.2, 0) is 7.05 Å². The maximum absolute atomic E-state index is 13.2. The van der Waals surface area contributed by atoms with E-state index in [1.165, 1.54) is 0 Å². The molecule has 1 aromatic heterocycles. The lowest BCUT2D eigenvalue weighted by atomic mass is 9.89. The van der Waals surface area contributed by atoms with Gasteiger partial charge in [0.1, 0.15) is 0 Å². The fraction of sp³-hybridized carbons (Fsp3) is 0.273. The van der Waals surface area contributed by atoms with Crippen LogP contribution in [0.25, 0.3) is 10.9 Å². The SMILES string of the molecule is Cn1ccc2c(C(=O)N3CCCC(c4cccc(C(=O)O)c4)C3)cccc21. The van der Waals surface area contributed by atoms with E-state index in [9.17, 15) is 14.7 Å². The number of nitrogens with zero attached hydrogens (tertiary/aromatic N) is 2. The second-order valence-corrected chi connectivity index (χ2v) is 7.19. The van der Waals surface area contributed by atoms with Crippen LogP contribution in [0, 0.1) is 0 Å². The summed E-state index contributed by atoms with van der Waals surface area (Å²) < 4.78 is 2.02. The van der Waals surface area contributed by atoms with E-state index in [4.69, 9.17) is 0 Å². The molecule has 3 aromatic rings. The van der Waals surface area contributed by atoms with Crippen molar-refractivity contribution in [1.29, 1.82) is 0 Å². The Bertz CT molecular complexity index is 1020. The molecule has 1 amide bonds. The van der Waals surface area contributed by atoms with Gasteiger partial charge in [0, 0.05) is 48.7 Å². The van der Waals surface area contributed by atoms with E-state index in [2.05, 4.69) is 0 Å². The normalized spacial score (nSPS) is 17.2. The van der Waals surface area contributed by atoms with Gasteiger partial charge in [-0.3, -0.25) is 4.79 Å². The number of carbonyl (C=O) groups excluding carboxylic acids is 1. The minimum atomic E-state index is -0.920. The van der Waals surface area contributed by atoms with E-state index in [1.54, 1.807) is 18.2 Å². The van der Waals surface area contributed by atoms with Gasteiger partial charge in [-0.2, -0.15) is 0 Å². The van der Waals surface area contributed by atoms with Crippen LogP contribution in [-0.4, -0.2) is 39.5 Å². The molecule has 0 radical (unpaired) electrons. The standard InChI is InChI=1S/C22H22N2O3/c1-23-12-10-18-19(8-3-9-20(18)23)21(25)24-11-4-7-17(14-24)15-5-2-6-16(13-15)22(26)27/h2-3,5-6,8-10,12-13,17H,4,7,11,14H2,1H3,(H,26,27). The highest BCUT2D eigenvalue weighted by Gasteiger charge is 2.27. The number of aromatic nitrogens is 1. The molecule has 1 N–H and O–H groups in total. The van der Waals surface area contributed by atoms with E-state index in [1.807, 2.05) is 53.0 Å². The highest BCUT2D eigenvalue weighted by atomic mass is 16.4. The van der Waals surface area contributed by atoms with Crippen LogP contribution in [0.15, 0.2) is 54.7 Å². The van der Waals surface area contributed by atoms with Crippen LogP contribution in [0.2, 0.25) is 0 Å². The molecule has 1 saturated heterocycles. The Morgan fingerprint density at radius 2 is 1.93 bits per heavy atom. The Morgan fingerprint density at radius 3 is 2.74 bits per heavy atom. The average Bonchev–Trinajstić information content (AvgIpc) is 3.09. The second-order valence-electron chi connectivity index (χ2n) is 7.19. The molecular formula is C22H22N2O3. The van der Waals surface area contributed by atoms with Crippen molar-refractivity contribution in [3.8, 4) is 0 Å². The smallest absolute Gasteiger partial charge is 0.335 e. The van der Waals surface area contributed by atoms with Crippen LogP contribution >= 0.6 is 0 Å². The third-order valence-electron chi connectivity index (χ3n) is 5.47. The van der Waals surface area contributed by atoms with E-state index in [-0.39, 0.29) is 11.8 Å². The molecule has 2 heterocycles. The van der Waals surface area contributed by atoms with Crippen molar-refractivity contribution in [3.05, 3.63) is 71.4 Å². The molecule has 2 aromatic carbocycles. The molecule has 1 aliphatic rings. The predicted octanol–water partition coefficient (Wildman–Crippen LogP) is 3.90. The van der Waals surface area contributed by atoms with E-state index in [0.29, 0.717) is 12.1 Å². The van der Waals surface area contributed by atoms with E-state index in [0.717, 1.165) is 41.4 Å². The maximum atomic E-state index is 13.2.